The van der Waals surface area contributed by atoms with Crippen molar-refractivity contribution in [3.8, 4) is 0 Å². The number of thioether (sulfide) groups is 1. The number of amides is 1. The summed E-state index contributed by atoms with van der Waals surface area (Å²) in [5.74, 6) is -2.94. The van der Waals surface area contributed by atoms with E-state index in [4.69, 9.17) is 8.85 Å². The van der Waals surface area contributed by atoms with Gasteiger partial charge >= 0.3 is 5.97 Å². The third-order valence-electron chi connectivity index (χ3n) is 1.60. The number of ether oxygens (including phenoxy) is 1. The molecular formula is C12H21NO4S. The highest BCUT2D eigenvalue weighted by Gasteiger charge is 2.27. The van der Waals surface area contributed by atoms with Gasteiger partial charge < -0.3 is 10.1 Å². The van der Waals surface area contributed by atoms with Crippen molar-refractivity contribution in [2.75, 3.05) is 12.3 Å². The second kappa shape index (κ2) is 7.41. The first kappa shape index (κ1) is 12.0. The van der Waals surface area contributed by atoms with Crippen LogP contribution in [0.25, 0.3) is 0 Å². The third kappa shape index (κ3) is 8.11. The maximum atomic E-state index is 12.0. The molecule has 0 bridgehead atoms. The van der Waals surface area contributed by atoms with Crippen molar-refractivity contribution in [1.82, 2.24) is 5.32 Å². The van der Waals surface area contributed by atoms with E-state index in [2.05, 4.69) is 5.32 Å². The van der Waals surface area contributed by atoms with Crippen LogP contribution in [-0.4, -0.2) is 34.9 Å². The maximum Gasteiger partial charge on any atom is 0.317 e. The van der Waals surface area contributed by atoms with Gasteiger partial charge in [-0.2, -0.15) is 0 Å². The Morgan fingerprint density at radius 2 is 2.00 bits per heavy atom. The molecule has 104 valence electrons. The summed E-state index contributed by atoms with van der Waals surface area (Å²) in [5, 5.41) is 1.69. The molecule has 0 aliphatic heterocycles. The fourth-order valence-electron chi connectivity index (χ4n) is 0.919. The van der Waals surface area contributed by atoms with Crippen molar-refractivity contribution >= 4 is 28.8 Å². The topological polar surface area (TPSA) is 72.5 Å². The Hall–Kier alpha value is -1.04. The van der Waals surface area contributed by atoms with E-state index in [1.54, 1.807) is 20.8 Å². The van der Waals surface area contributed by atoms with Gasteiger partial charge in [-0.3, -0.25) is 14.4 Å². The van der Waals surface area contributed by atoms with E-state index >= 15 is 0 Å². The second-order valence-corrected chi connectivity index (χ2v) is 5.72. The molecule has 0 aromatic carbocycles. The molecule has 0 aromatic heterocycles. The zero-order valence-corrected chi connectivity index (χ0v) is 11.8. The Balaban J connectivity index is 4.73. The molecule has 0 rings (SSSR count). The SMILES string of the molecule is [2H]C([2H])([2H])C(C(=O)OC(C)(C)C)C(=O)SCCNC(C)=O. The van der Waals surface area contributed by atoms with Gasteiger partial charge in [0.15, 0.2) is 0 Å². The highest BCUT2D eigenvalue weighted by molar-refractivity contribution is 8.13. The molecule has 18 heavy (non-hydrogen) atoms. The lowest BCUT2D eigenvalue weighted by Gasteiger charge is -2.21. The molecule has 0 aromatic rings. The fraction of sp³-hybridized carbons (Fsp3) is 0.750. The van der Waals surface area contributed by atoms with Crippen LogP contribution in [0.3, 0.4) is 0 Å². The molecule has 0 spiro atoms. The first-order chi connectivity index (χ1) is 9.34. The molecular weight excluding hydrogens is 254 g/mol. The van der Waals surface area contributed by atoms with E-state index in [9.17, 15) is 14.4 Å². The maximum absolute atomic E-state index is 12.0. The van der Waals surface area contributed by atoms with Gasteiger partial charge in [-0.1, -0.05) is 11.8 Å². The summed E-state index contributed by atoms with van der Waals surface area (Å²) in [5.41, 5.74) is -0.873. The third-order valence-corrected chi connectivity index (χ3v) is 2.53. The van der Waals surface area contributed by atoms with E-state index in [-0.39, 0.29) is 18.2 Å². The Morgan fingerprint density at radius 1 is 1.39 bits per heavy atom. The Kier molecular flexibility index (Phi) is 4.95. The van der Waals surface area contributed by atoms with Gasteiger partial charge in [0.1, 0.15) is 11.5 Å². The van der Waals surface area contributed by atoms with E-state index in [1.807, 2.05) is 0 Å². The predicted molar refractivity (Wildman–Crippen MR) is 71.2 cm³/mol. The van der Waals surface area contributed by atoms with Crippen molar-refractivity contribution in [2.45, 2.75) is 40.1 Å². The van der Waals surface area contributed by atoms with Crippen molar-refractivity contribution in [2.24, 2.45) is 5.92 Å². The Bertz CT molecular complexity index is 404. The number of carbonyl (C=O) groups is 3. The van der Waals surface area contributed by atoms with E-state index in [0.717, 1.165) is 0 Å². The summed E-state index contributed by atoms with van der Waals surface area (Å²) >= 11 is 0.693. The molecule has 1 N–H and O–H groups in total. The van der Waals surface area contributed by atoms with Crippen LogP contribution in [0.2, 0.25) is 0 Å². The van der Waals surface area contributed by atoms with Crippen LogP contribution in [0.4, 0.5) is 0 Å². The second-order valence-electron chi connectivity index (χ2n) is 4.62. The van der Waals surface area contributed by atoms with Gasteiger partial charge in [-0.15, -0.1) is 0 Å². The number of hydrogen-bond donors (Lipinski definition) is 1. The minimum atomic E-state index is -2.76. The monoisotopic (exact) mass is 278 g/mol. The van der Waals surface area contributed by atoms with E-state index in [0.29, 0.717) is 11.8 Å². The largest absolute Gasteiger partial charge is 0.459 e. The quantitative estimate of drug-likeness (QED) is 0.467. The minimum Gasteiger partial charge on any atom is -0.459 e. The van der Waals surface area contributed by atoms with Crippen molar-refractivity contribution in [1.29, 1.82) is 0 Å². The van der Waals surface area contributed by atoms with E-state index in [1.165, 1.54) is 6.92 Å². The zero-order chi connectivity index (χ0) is 16.8. The highest BCUT2D eigenvalue weighted by atomic mass is 32.2. The normalized spacial score (nSPS) is 15.9. The van der Waals surface area contributed by atoms with Gasteiger partial charge in [0.05, 0.1) is 0 Å². The molecule has 0 aliphatic carbocycles. The standard InChI is InChI=1S/C12H21NO4S/c1-8(10(15)17-12(3,4)5)11(16)18-7-6-13-9(2)14/h8H,6-7H2,1-5H3,(H,13,14)/i1D3. The lowest BCUT2D eigenvalue weighted by molar-refractivity contribution is -0.160. The molecule has 0 fully saturated rings. The molecule has 0 heterocycles. The molecule has 1 atom stereocenters. The van der Waals surface area contributed by atoms with Crippen LogP contribution in [-0.2, 0) is 19.1 Å². The lowest BCUT2D eigenvalue weighted by atomic mass is 10.1. The van der Waals surface area contributed by atoms with Crippen LogP contribution >= 0.6 is 11.8 Å². The summed E-state index contributed by atoms with van der Waals surface area (Å²) in [6, 6.07) is 0. The lowest BCUT2D eigenvalue weighted by Crippen LogP contribution is -2.31. The highest BCUT2D eigenvalue weighted by Crippen LogP contribution is 2.16. The molecule has 6 heteroatoms. The van der Waals surface area contributed by atoms with Crippen LogP contribution in [0, 0.1) is 5.92 Å². The molecule has 0 saturated carbocycles. The minimum absolute atomic E-state index is 0.188. The Labute approximate surface area is 116 Å². The van der Waals surface area contributed by atoms with Gasteiger partial charge in [0.25, 0.3) is 0 Å². The summed E-state index contributed by atoms with van der Waals surface area (Å²) < 4.78 is 27.0. The number of rotatable bonds is 5. The molecule has 0 radical (unpaired) electrons. The van der Waals surface area contributed by atoms with Gasteiger partial charge in [-0.25, -0.2) is 0 Å². The summed E-state index contributed by atoms with van der Waals surface area (Å²) in [7, 11) is 0. The first-order valence-corrected chi connectivity index (χ1v) is 6.47. The number of nitrogens with one attached hydrogen (secondary N) is 1. The molecule has 1 amide bonds. The predicted octanol–water partition coefficient (Wildman–Crippen LogP) is 1.36. The van der Waals surface area contributed by atoms with Crippen LogP contribution in [0.1, 0.15) is 38.7 Å². The summed E-state index contributed by atoms with van der Waals surface area (Å²) in [6.07, 6.45) is 0. The smallest absolute Gasteiger partial charge is 0.317 e. The molecule has 0 aliphatic rings. The fourth-order valence-corrected chi connectivity index (χ4v) is 1.59. The van der Waals surface area contributed by atoms with Crippen molar-refractivity contribution < 1.29 is 23.2 Å². The first-order valence-electron chi connectivity index (χ1n) is 6.98. The molecule has 5 nitrogen and oxygen atoms in total. The van der Waals surface area contributed by atoms with Crippen LogP contribution in [0.15, 0.2) is 0 Å². The van der Waals surface area contributed by atoms with E-state index < -0.39 is 29.5 Å². The van der Waals surface area contributed by atoms with Crippen LogP contribution < -0.4 is 5.32 Å². The Morgan fingerprint density at radius 3 is 2.44 bits per heavy atom. The van der Waals surface area contributed by atoms with Gasteiger partial charge in [-0.05, 0) is 27.6 Å². The zero-order valence-electron chi connectivity index (χ0n) is 14.0. The number of carbonyl (C=O) groups excluding carboxylic acids is 3. The van der Waals surface area contributed by atoms with Gasteiger partial charge in [0.2, 0.25) is 11.0 Å². The average Bonchev–Trinajstić information content (AvgIpc) is 2.19. The van der Waals surface area contributed by atoms with Crippen LogP contribution in [0.5, 0.6) is 0 Å². The number of esters is 1. The molecule has 0 saturated heterocycles. The van der Waals surface area contributed by atoms with Crippen molar-refractivity contribution in [3.05, 3.63) is 0 Å². The number of hydrogen-bond acceptors (Lipinski definition) is 5. The molecule has 1 unspecified atom stereocenters. The van der Waals surface area contributed by atoms with Crippen molar-refractivity contribution in [3.63, 3.8) is 0 Å². The summed E-state index contributed by atoms with van der Waals surface area (Å²) in [4.78, 5) is 34.5. The average molecular weight is 278 g/mol. The van der Waals surface area contributed by atoms with Gasteiger partial charge in [0, 0.05) is 23.3 Å². The summed E-state index contributed by atoms with van der Waals surface area (Å²) in [6.45, 7) is 3.56.